The number of nitrogens with one attached hydrogen (secondary N) is 1. The summed E-state index contributed by atoms with van der Waals surface area (Å²) in [5.74, 6) is 1.21. The van der Waals surface area contributed by atoms with Crippen molar-refractivity contribution in [1.82, 2.24) is 10.3 Å². The monoisotopic (exact) mass is 286 g/mol. The number of hydrogen-bond acceptors (Lipinski definition) is 3. The summed E-state index contributed by atoms with van der Waals surface area (Å²) in [7, 11) is 0. The average molecular weight is 286 g/mol. The molecule has 1 heterocycles. The second-order valence-corrected chi connectivity index (χ2v) is 6.17. The highest BCUT2D eigenvalue weighted by Crippen LogP contribution is 2.26. The molecule has 0 aliphatic heterocycles. The molecule has 0 radical (unpaired) electrons. The molecule has 1 amide bonds. The van der Waals surface area contributed by atoms with Gasteiger partial charge in [0.25, 0.3) is 0 Å². The van der Waals surface area contributed by atoms with Crippen molar-refractivity contribution in [3.63, 3.8) is 0 Å². The highest BCUT2D eigenvalue weighted by Gasteiger charge is 2.29. The molecule has 21 heavy (non-hydrogen) atoms. The topological polar surface area (TPSA) is 55.1 Å². The van der Waals surface area contributed by atoms with Crippen LogP contribution in [0.5, 0.6) is 0 Å². The van der Waals surface area contributed by atoms with E-state index in [-0.39, 0.29) is 5.91 Å². The van der Waals surface area contributed by atoms with E-state index in [0.29, 0.717) is 12.5 Å². The number of hydrogen-bond donors (Lipinski definition) is 1. The number of amides is 1. The van der Waals surface area contributed by atoms with Crippen LogP contribution in [0.3, 0.4) is 0 Å². The maximum absolute atomic E-state index is 12.3. The van der Waals surface area contributed by atoms with Gasteiger partial charge in [0.05, 0.1) is 11.6 Å². The highest BCUT2D eigenvalue weighted by molar-refractivity contribution is 5.87. The summed E-state index contributed by atoms with van der Waals surface area (Å²) in [6.07, 6.45) is 3.09. The molecule has 0 aliphatic carbocycles. The minimum atomic E-state index is -0.561. The maximum Gasteiger partial charge on any atom is 0.230 e. The van der Waals surface area contributed by atoms with Crippen LogP contribution in [0.2, 0.25) is 0 Å². The zero-order valence-electron chi connectivity index (χ0n) is 13.0. The van der Waals surface area contributed by atoms with Crippen LogP contribution < -0.4 is 5.32 Å². The van der Waals surface area contributed by atoms with E-state index >= 15 is 0 Å². The van der Waals surface area contributed by atoms with Crippen molar-refractivity contribution in [2.75, 3.05) is 6.54 Å². The van der Waals surface area contributed by atoms with Crippen LogP contribution in [0, 0.1) is 5.92 Å². The van der Waals surface area contributed by atoms with E-state index < -0.39 is 5.41 Å². The first-order valence-corrected chi connectivity index (χ1v) is 7.19. The minimum Gasteiger partial charge on any atom is -0.444 e. The zero-order valence-corrected chi connectivity index (χ0v) is 13.0. The fraction of sp³-hybridized carbons (Fsp3) is 0.412. The van der Waals surface area contributed by atoms with E-state index in [9.17, 15) is 4.79 Å². The molecule has 1 N–H and O–H groups in total. The van der Waals surface area contributed by atoms with Gasteiger partial charge in [-0.1, -0.05) is 38.1 Å². The number of aromatic nitrogens is 1. The van der Waals surface area contributed by atoms with Crippen molar-refractivity contribution in [3.05, 3.63) is 42.4 Å². The maximum atomic E-state index is 12.3. The summed E-state index contributed by atoms with van der Waals surface area (Å²) in [6.45, 7) is 8.73. The fourth-order valence-corrected chi connectivity index (χ4v) is 2.06. The van der Waals surface area contributed by atoms with Gasteiger partial charge < -0.3 is 9.73 Å². The molecular weight excluding hydrogens is 264 g/mol. The van der Waals surface area contributed by atoms with Crippen molar-refractivity contribution >= 4 is 5.91 Å². The molecule has 4 heteroatoms. The normalized spacial score (nSPS) is 11.7. The summed E-state index contributed by atoms with van der Waals surface area (Å²) < 4.78 is 5.27. The molecule has 0 saturated heterocycles. The molecular formula is C17H22N2O2. The standard InChI is InChI=1S/C17H22N2O2/c1-12(2)9-19-16(20)17(3,4)14-7-5-13(6-8-14)15-10-18-11-21-15/h5-8,10-12H,9H2,1-4H3,(H,19,20). The Kier molecular flexibility index (Phi) is 4.46. The first kappa shape index (κ1) is 15.3. The molecule has 0 fully saturated rings. The van der Waals surface area contributed by atoms with Gasteiger partial charge in [0.15, 0.2) is 12.2 Å². The van der Waals surface area contributed by atoms with Crippen molar-refractivity contribution < 1.29 is 9.21 Å². The van der Waals surface area contributed by atoms with Gasteiger partial charge in [0.2, 0.25) is 5.91 Å². The number of rotatable bonds is 5. The summed E-state index contributed by atoms with van der Waals surface area (Å²) >= 11 is 0. The summed E-state index contributed by atoms with van der Waals surface area (Å²) in [4.78, 5) is 16.3. The molecule has 112 valence electrons. The van der Waals surface area contributed by atoms with Crippen molar-refractivity contribution in [2.45, 2.75) is 33.1 Å². The lowest BCUT2D eigenvalue weighted by atomic mass is 9.83. The molecule has 0 unspecified atom stereocenters. The Morgan fingerprint density at radius 3 is 2.48 bits per heavy atom. The van der Waals surface area contributed by atoms with Crippen LogP contribution in [-0.2, 0) is 10.2 Å². The van der Waals surface area contributed by atoms with Crippen LogP contribution in [0.25, 0.3) is 11.3 Å². The van der Waals surface area contributed by atoms with E-state index in [1.165, 1.54) is 6.39 Å². The van der Waals surface area contributed by atoms with Crippen LogP contribution in [0.4, 0.5) is 0 Å². The lowest BCUT2D eigenvalue weighted by Crippen LogP contribution is -2.41. The van der Waals surface area contributed by atoms with Crippen LogP contribution in [-0.4, -0.2) is 17.4 Å². The van der Waals surface area contributed by atoms with Gasteiger partial charge in [-0.15, -0.1) is 0 Å². The fourth-order valence-electron chi connectivity index (χ4n) is 2.06. The van der Waals surface area contributed by atoms with E-state index in [2.05, 4.69) is 24.1 Å². The van der Waals surface area contributed by atoms with Gasteiger partial charge in [-0.3, -0.25) is 4.79 Å². The smallest absolute Gasteiger partial charge is 0.230 e. The van der Waals surface area contributed by atoms with Gasteiger partial charge in [-0.05, 0) is 25.3 Å². The summed E-state index contributed by atoms with van der Waals surface area (Å²) in [6, 6.07) is 7.83. The quantitative estimate of drug-likeness (QED) is 0.916. The predicted octanol–water partition coefficient (Wildman–Crippen LogP) is 3.39. The average Bonchev–Trinajstić information content (AvgIpc) is 2.99. The molecule has 4 nitrogen and oxygen atoms in total. The van der Waals surface area contributed by atoms with Crippen molar-refractivity contribution in [2.24, 2.45) is 5.92 Å². The van der Waals surface area contributed by atoms with Gasteiger partial charge in [-0.2, -0.15) is 0 Å². The molecule has 0 atom stereocenters. The van der Waals surface area contributed by atoms with E-state index in [0.717, 1.165) is 16.9 Å². The van der Waals surface area contributed by atoms with Gasteiger partial charge in [0, 0.05) is 12.1 Å². The Hall–Kier alpha value is -2.10. The van der Waals surface area contributed by atoms with E-state index in [1.807, 2.05) is 38.1 Å². The minimum absolute atomic E-state index is 0.0450. The third-order valence-corrected chi connectivity index (χ3v) is 3.56. The Balaban J connectivity index is 2.14. The first-order chi connectivity index (χ1) is 9.91. The Bertz CT molecular complexity index is 584. The Morgan fingerprint density at radius 2 is 1.95 bits per heavy atom. The van der Waals surface area contributed by atoms with Gasteiger partial charge in [0.1, 0.15) is 0 Å². The highest BCUT2D eigenvalue weighted by atomic mass is 16.3. The molecule has 2 aromatic rings. The number of oxazole rings is 1. The molecule has 1 aromatic carbocycles. The van der Waals surface area contributed by atoms with Crippen molar-refractivity contribution in [3.8, 4) is 11.3 Å². The van der Waals surface area contributed by atoms with Crippen LogP contribution in [0.15, 0.2) is 41.3 Å². The summed E-state index contributed by atoms with van der Waals surface area (Å²) in [5, 5.41) is 3.00. The SMILES string of the molecule is CC(C)CNC(=O)C(C)(C)c1ccc(-c2cnco2)cc1. The Morgan fingerprint density at radius 1 is 1.29 bits per heavy atom. The van der Waals surface area contributed by atoms with Gasteiger partial charge >= 0.3 is 0 Å². The number of benzene rings is 1. The molecule has 0 saturated carbocycles. The lowest BCUT2D eigenvalue weighted by Gasteiger charge is -2.25. The molecule has 2 rings (SSSR count). The molecule has 0 bridgehead atoms. The molecule has 0 spiro atoms. The third kappa shape index (κ3) is 3.51. The van der Waals surface area contributed by atoms with E-state index in [4.69, 9.17) is 4.42 Å². The third-order valence-electron chi connectivity index (χ3n) is 3.56. The second-order valence-electron chi connectivity index (χ2n) is 6.17. The Labute approximate surface area is 125 Å². The van der Waals surface area contributed by atoms with E-state index in [1.54, 1.807) is 6.20 Å². The van der Waals surface area contributed by atoms with Crippen molar-refractivity contribution in [1.29, 1.82) is 0 Å². The first-order valence-electron chi connectivity index (χ1n) is 7.19. The number of carbonyl (C=O) groups excluding carboxylic acids is 1. The predicted molar refractivity (Wildman–Crippen MR) is 82.8 cm³/mol. The molecule has 0 aliphatic rings. The largest absolute Gasteiger partial charge is 0.444 e. The van der Waals surface area contributed by atoms with Crippen LogP contribution >= 0.6 is 0 Å². The second kappa shape index (κ2) is 6.12. The number of carbonyl (C=O) groups is 1. The van der Waals surface area contributed by atoms with Gasteiger partial charge in [-0.25, -0.2) is 4.98 Å². The molecule has 1 aromatic heterocycles. The lowest BCUT2D eigenvalue weighted by molar-refractivity contribution is -0.125. The zero-order chi connectivity index (χ0) is 15.5. The number of nitrogens with zero attached hydrogens (tertiary/aromatic N) is 1. The van der Waals surface area contributed by atoms with Crippen LogP contribution in [0.1, 0.15) is 33.3 Å². The summed E-state index contributed by atoms with van der Waals surface area (Å²) in [5.41, 5.74) is 1.37.